The van der Waals surface area contributed by atoms with Gasteiger partial charge in [-0.2, -0.15) is 0 Å². The van der Waals surface area contributed by atoms with E-state index in [0.717, 1.165) is 11.1 Å². The summed E-state index contributed by atoms with van der Waals surface area (Å²) < 4.78 is 5.83. The SMILES string of the molecule is Cc1cccc(C(C)(C)C)c1OC(C(=O)O)C(C)C. The summed E-state index contributed by atoms with van der Waals surface area (Å²) in [5.74, 6) is -0.292. The van der Waals surface area contributed by atoms with Gasteiger partial charge in [0, 0.05) is 5.92 Å². The van der Waals surface area contributed by atoms with Gasteiger partial charge in [0.25, 0.3) is 0 Å². The third kappa shape index (κ3) is 3.72. The second-order valence-electron chi connectivity index (χ2n) is 6.32. The summed E-state index contributed by atoms with van der Waals surface area (Å²) in [6.45, 7) is 11.9. The molecule has 0 saturated carbocycles. The van der Waals surface area contributed by atoms with Crippen LogP contribution in [0.1, 0.15) is 45.7 Å². The maximum atomic E-state index is 11.3. The molecule has 0 aliphatic carbocycles. The van der Waals surface area contributed by atoms with E-state index >= 15 is 0 Å². The molecule has 0 fully saturated rings. The van der Waals surface area contributed by atoms with Gasteiger partial charge in [-0.3, -0.25) is 0 Å². The fraction of sp³-hybridized carbons (Fsp3) is 0.562. The van der Waals surface area contributed by atoms with Gasteiger partial charge in [0.05, 0.1) is 0 Å². The molecule has 0 spiro atoms. The van der Waals surface area contributed by atoms with Crippen LogP contribution in [0.25, 0.3) is 0 Å². The summed E-state index contributed by atoms with van der Waals surface area (Å²) in [6.07, 6.45) is -0.817. The molecule has 0 heterocycles. The second kappa shape index (κ2) is 5.64. The molecule has 0 bridgehead atoms. The van der Waals surface area contributed by atoms with E-state index in [1.165, 1.54) is 0 Å². The van der Waals surface area contributed by atoms with Gasteiger partial charge in [0.1, 0.15) is 5.75 Å². The summed E-state index contributed by atoms with van der Waals surface area (Å²) in [7, 11) is 0. The fourth-order valence-corrected chi connectivity index (χ4v) is 2.00. The average Bonchev–Trinajstić information content (AvgIpc) is 2.24. The lowest BCUT2D eigenvalue weighted by molar-refractivity contribution is -0.147. The Balaban J connectivity index is 3.23. The minimum absolute atomic E-state index is 0.0788. The number of carboxylic acid groups (broad SMARTS) is 1. The first-order valence-corrected chi connectivity index (χ1v) is 6.64. The monoisotopic (exact) mass is 264 g/mol. The molecular formula is C16H24O3. The number of para-hydroxylation sites is 1. The van der Waals surface area contributed by atoms with E-state index in [1.54, 1.807) is 0 Å². The molecule has 0 aliphatic heterocycles. The largest absolute Gasteiger partial charge is 0.478 e. The lowest BCUT2D eigenvalue weighted by Crippen LogP contribution is -2.33. The molecule has 1 aromatic rings. The molecule has 0 radical (unpaired) electrons. The van der Waals surface area contributed by atoms with E-state index in [0.29, 0.717) is 5.75 Å². The van der Waals surface area contributed by atoms with E-state index in [2.05, 4.69) is 20.8 Å². The Morgan fingerprint density at radius 2 is 1.84 bits per heavy atom. The van der Waals surface area contributed by atoms with Crippen LogP contribution in [0.3, 0.4) is 0 Å². The predicted octanol–water partition coefficient (Wildman–Crippen LogP) is 3.78. The van der Waals surface area contributed by atoms with Gasteiger partial charge < -0.3 is 9.84 Å². The van der Waals surface area contributed by atoms with Gasteiger partial charge in [-0.25, -0.2) is 4.79 Å². The minimum atomic E-state index is -0.918. The first-order valence-electron chi connectivity index (χ1n) is 6.64. The molecule has 106 valence electrons. The molecule has 1 aromatic carbocycles. The topological polar surface area (TPSA) is 46.5 Å². The Labute approximate surface area is 115 Å². The van der Waals surface area contributed by atoms with Gasteiger partial charge in [-0.05, 0) is 23.5 Å². The third-order valence-electron chi connectivity index (χ3n) is 3.11. The first-order chi connectivity index (χ1) is 8.64. The van der Waals surface area contributed by atoms with Gasteiger partial charge >= 0.3 is 5.97 Å². The number of hydrogen-bond donors (Lipinski definition) is 1. The number of benzene rings is 1. The molecule has 3 nitrogen and oxygen atoms in total. The van der Waals surface area contributed by atoms with E-state index < -0.39 is 12.1 Å². The van der Waals surface area contributed by atoms with Crippen molar-refractivity contribution in [2.75, 3.05) is 0 Å². The maximum Gasteiger partial charge on any atom is 0.345 e. The van der Waals surface area contributed by atoms with Crippen LogP contribution in [-0.4, -0.2) is 17.2 Å². The van der Waals surface area contributed by atoms with E-state index in [-0.39, 0.29) is 11.3 Å². The second-order valence-corrected chi connectivity index (χ2v) is 6.32. The molecule has 1 rings (SSSR count). The van der Waals surface area contributed by atoms with Crippen LogP contribution >= 0.6 is 0 Å². The Hall–Kier alpha value is -1.51. The number of aliphatic carboxylic acids is 1. The highest BCUT2D eigenvalue weighted by atomic mass is 16.5. The van der Waals surface area contributed by atoms with Crippen LogP contribution in [0.2, 0.25) is 0 Å². The van der Waals surface area contributed by atoms with Crippen molar-refractivity contribution in [1.29, 1.82) is 0 Å². The Morgan fingerprint density at radius 1 is 1.26 bits per heavy atom. The highest BCUT2D eigenvalue weighted by molar-refractivity contribution is 5.73. The first kappa shape index (κ1) is 15.5. The Morgan fingerprint density at radius 3 is 2.26 bits per heavy atom. The molecule has 0 aliphatic rings. The number of carboxylic acids is 1. The summed E-state index contributed by atoms with van der Waals surface area (Å²) in [5, 5.41) is 9.26. The van der Waals surface area contributed by atoms with Crippen LogP contribution in [0, 0.1) is 12.8 Å². The lowest BCUT2D eigenvalue weighted by atomic mass is 9.85. The molecule has 0 amide bonds. The average molecular weight is 264 g/mol. The molecule has 1 atom stereocenters. The zero-order valence-corrected chi connectivity index (χ0v) is 12.7. The van der Waals surface area contributed by atoms with Crippen LogP contribution in [0.5, 0.6) is 5.75 Å². The van der Waals surface area contributed by atoms with Gasteiger partial charge in [-0.1, -0.05) is 52.8 Å². The van der Waals surface area contributed by atoms with Gasteiger partial charge in [0.2, 0.25) is 0 Å². The normalized spacial score (nSPS) is 13.4. The zero-order chi connectivity index (χ0) is 14.8. The number of aryl methyl sites for hydroxylation is 1. The summed E-state index contributed by atoms with van der Waals surface area (Å²) >= 11 is 0. The molecule has 1 unspecified atom stereocenters. The lowest BCUT2D eigenvalue weighted by Gasteiger charge is -2.27. The molecule has 3 heteroatoms. The summed E-state index contributed by atoms with van der Waals surface area (Å²) in [4.78, 5) is 11.3. The zero-order valence-electron chi connectivity index (χ0n) is 12.7. The van der Waals surface area contributed by atoms with Crippen molar-refractivity contribution in [3.8, 4) is 5.75 Å². The molecule has 1 N–H and O–H groups in total. The van der Waals surface area contributed by atoms with Crippen LogP contribution in [-0.2, 0) is 10.2 Å². The number of ether oxygens (including phenoxy) is 1. The van der Waals surface area contributed by atoms with E-state index in [9.17, 15) is 9.90 Å². The standard InChI is InChI=1S/C16H24O3/c1-10(2)13(15(17)18)19-14-11(3)8-7-9-12(14)16(4,5)6/h7-10,13H,1-6H3,(H,17,18). The highest BCUT2D eigenvalue weighted by Crippen LogP contribution is 2.35. The smallest absolute Gasteiger partial charge is 0.345 e. The Bertz CT molecular complexity index is 456. The molecule has 0 aromatic heterocycles. The maximum absolute atomic E-state index is 11.3. The number of rotatable bonds is 4. The molecule has 0 saturated heterocycles. The quantitative estimate of drug-likeness (QED) is 0.900. The van der Waals surface area contributed by atoms with E-state index in [4.69, 9.17) is 4.74 Å². The number of carbonyl (C=O) groups is 1. The fourth-order valence-electron chi connectivity index (χ4n) is 2.00. The number of hydrogen-bond acceptors (Lipinski definition) is 2. The van der Waals surface area contributed by atoms with Crippen molar-refractivity contribution >= 4 is 5.97 Å². The highest BCUT2D eigenvalue weighted by Gasteiger charge is 2.27. The van der Waals surface area contributed by atoms with Crippen molar-refractivity contribution in [2.24, 2.45) is 5.92 Å². The van der Waals surface area contributed by atoms with E-state index in [1.807, 2.05) is 39.0 Å². The van der Waals surface area contributed by atoms with Crippen molar-refractivity contribution in [1.82, 2.24) is 0 Å². The van der Waals surface area contributed by atoms with Crippen molar-refractivity contribution in [2.45, 2.75) is 53.1 Å². The molecule has 19 heavy (non-hydrogen) atoms. The van der Waals surface area contributed by atoms with Crippen molar-refractivity contribution < 1.29 is 14.6 Å². The summed E-state index contributed by atoms with van der Waals surface area (Å²) in [5.41, 5.74) is 1.93. The van der Waals surface area contributed by atoms with Gasteiger partial charge in [-0.15, -0.1) is 0 Å². The predicted molar refractivity (Wildman–Crippen MR) is 76.8 cm³/mol. The summed E-state index contributed by atoms with van der Waals surface area (Å²) in [6, 6.07) is 5.93. The van der Waals surface area contributed by atoms with Crippen LogP contribution in [0.4, 0.5) is 0 Å². The third-order valence-corrected chi connectivity index (χ3v) is 3.11. The Kier molecular flexibility index (Phi) is 4.61. The van der Waals surface area contributed by atoms with Crippen LogP contribution in [0.15, 0.2) is 18.2 Å². The van der Waals surface area contributed by atoms with Crippen molar-refractivity contribution in [3.05, 3.63) is 29.3 Å². The minimum Gasteiger partial charge on any atom is -0.478 e. The van der Waals surface area contributed by atoms with Crippen LogP contribution < -0.4 is 4.74 Å². The van der Waals surface area contributed by atoms with Gasteiger partial charge in [0.15, 0.2) is 6.10 Å². The molecular weight excluding hydrogens is 240 g/mol. The van der Waals surface area contributed by atoms with Crippen molar-refractivity contribution in [3.63, 3.8) is 0 Å².